The van der Waals surface area contributed by atoms with Crippen LogP contribution in [0.5, 0.6) is 0 Å². The van der Waals surface area contributed by atoms with Gasteiger partial charge in [-0.3, -0.25) is 0 Å². The van der Waals surface area contributed by atoms with E-state index in [0.29, 0.717) is 13.1 Å². The average Bonchev–Trinajstić information content (AvgIpc) is 2.41. The van der Waals surface area contributed by atoms with Crippen LogP contribution in [0.15, 0.2) is 6.07 Å². The molecular formula is C13H22F3N5. The molecule has 0 aliphatic carbocycles. The van der Waals surface area contributed by atoms with E-state index in [1.54, 1.807) is 18.0 Å². The van der Waals surface area contributed by atoms with Gasteiger partial charge in [-0.2, -0.15) is 13.2 Å². The standard InChI is InChI=1S/C13H22F3N5/c1-5-6-17-10-9-11(21(4)8-7-20(2)3)19-12(18-10)13(14,15)16/h9H,5-8H2,1-4H3,(H,17,18,19). The summed E-state index contributed by atoms with van der Waals surface area (Å²) in [6, 6.07) is 1.54. The number of alkyl halides is 3. The highest BCUT2D eigenvalue weighted by Gasteiger charge is 2.35. The van der Waals surface area contributed by atoms with Crippen LogP contribution in [-0.4, -0.2) is 55.6 Å². The highest BCUT2D eigenvalue weighted by molar-refractivity contribution is 5.49. The van der Waals surface area contributed by atoms with Gasteiger partial charge in [0.1, 0.15) is 11.6 Å². The minimum Gasteiger partial charge on any atom is -0.370 e. The Morgan fingerprint density at radius 3 is 2.33 bits per heavy atom. The van der Waals surface area contributed by atoms with E-state index in [0.717, 1.165) is 13.0 Å². The monoisotopic (exact) mass is 305 g/mol. The first-order chi connectivity index (χ1) is 9.74. The van der Waals surface area contributed by atoms with Crippen LogP contribution in [-0.2, 0) is 6.18 Å². The summed E-state index contributed by atoms with van der Waals surface area (Å²) in [6.45, 7) is 3.80. The molecule has 8 heteroatoms. The predicted molar refractivity (Wildman–Crippen MR) is 77.6 cm³/mol. The number of halogens is 3. The second-order valence-electron chi connectivity index (χ2n) is 5.08. The van der Waals surface area contributed by atoms with E-state index in [1.807, 2.05) is 25.9 Å². The Morgan fingerprint density at radius 1 is 1.14 bits per heavy atom. The SMILES string of the molecule is CCCNc1cc(N(C)CCN(C)C)nc(C(F)(F)F)n1. The summed E-state index contributed by atoms with van der Waals surface area (Å²) in [7, 11) is 5.53. The lowest BCUT2D eigenvalue weighted by Gasteiger charge is -2.22. The molecule has 0 radical (unpaired) electrons. The third-order valence-corrected chi connectivity index (χ3v) is 2.80. The molecule has 0 amide bonds. The molecule has 1 N–H and O–H groups in total. The normalized spacial score (nSPS) is 11.8. The number of nitrogens with zero attached hydrogens (tertiary/aromatic N) is 4. The minimum absolute atomic E-state index is 0.200. The zero-order chi connectivity index (χ0) is 16.0. The Morgan fingerprint density at radius 2 is 1.81 bits per heavy atom. The highest BCUT2D eigenvalue weighted by atomic mass is 19.4. The van der Waals surface area contributed by atoms with E-state index in [9.17, 15) is 13.2 Å². The van der Waals surface area contributed by atoms with Gasteiger partial charge >= 0.3 is 6.18 Å². The Kier molecular flexibility index (Phi) is 6.19. The van der Waals surface area contributed by atoms with E-state index >= 15 is 0 Å². The van der Waals surface area contributed by atoms with Gasteiger partial charge < -0.3 is 15.1 Å². The molecule has 120 valence electrons. The van der Waals surface area contributed by atoms with Gasteiger partial charge in [-0.05, 0) is 20.5 Å². The van der Waals surface area contributed by atoms with Crippen molar-refractivity contribution in [1.29, 1.82) is 0 Å². The first-order valence-electron chi connectivity index (χ1n) is 6.80. The van der Waals surface area contributed by atoms with Crippen LogP contribution in [0, 0.1) is 0 Å². The van der Waals surface area contributed by atoms with E-state index in [2.05, 4.69) is 15.3 Å². The highest BCUT2D eigenvalue weighted by Crippen LogP contribution is 2.29. The minimum atomic E-state index is -4.55. The molecule has 0 unspecified atom stereocenters. The van der Waals surface area contributed by atoms with Crippen molar-refractivity contribution in [3.8, 4) is 0 Å². The second-order valence-corrected chi connectivity index (χ2v) is 5.08. The fourth-order valence-electron chi connectivity index (χ4n) is 1.56. The van der Waals surface area contributed by atoms with Gasteiger partial charge in [-0.15, -0.1) is 0 Å². The fraction of sp³-hybridized carbons (Fsp3) is 0.692. The Balaban J connectivity index is 3.00. The number of hydrogen-bond acceptors (Lipinski definition) is 5. The molecule has 0 aromatic carbocycles. The summed E-state index contributed by atoms with van der Waals surface area (Å²) in [6.07, 6.45) is -3.75. The van der Waals surface area contributed by atoms with Crippen LogP contribution in [0.2, 0.25) is 0 Å². The molecule has 1 aromatic rings. The van der Waals surface area contributed by atoms with Crippen molar-refractivity contribution < 1.29 is 13.2 Å². The zero-order valence-corrected chi connectivity index (χ0v) is 12.8. The summed E-state index contributed by atoms with van der Waals surface area (Å²) in [5.41, 5.74) is 0. The molecule has 0 saturated heterocycles. The summed E-state index contributed by atoms with van der Waals surface area (Å²) < 4.78 is 38.6. The quantitative estimate of drug-likeness (QED) is 0.837. The van der Waals surface area contributed by atoms with Crippen molar-refractivity contribution in [2.75, 3.05) is 51.0 Å². The Labute approximate surface area is 123 Å². The first-order valence-corrected chi connectivity index (χ1v) is 6.80. The average molecular weight is 305 g/mol. The van der Waals surface area contributed by atoms with Gasteiger partial charge in [0.2, 0.25) is 5.82 Å². The smallest absolute Gasteiger partial charge is 0.370 e. The largest absolute Gasteiger partial charge is 0.451 e. The molecule has 0 aliphatic heterocycles. The van der Waals surface area contributed by atoms with Gasteiger partial charge in [0.15, 0.2) is 0 Å². The van der Waals surface area contributed by atoms with E-state index in [-0.39, 0.29) is 11.6 Å². The molecule has 0 bridgehead atoms. The molecule has 1 rings (SSSR count). The maximum Gasteiger partial charge on any atom is 0.451 e. The van der Waals surface area contributed by atoms with E-state index in [4.69, 9.17) is 0 Å². The van der Waals surface area contributed by atoms with E-state index < -0.39 is 12.0 Å². The second kappa shape index (κ2) is 7.44. The maximum absolute atomic E-state index is 12.9. The number of rotatable bonds is 7. The topological polar surface area (TPSA) is 44.3 Å². The molecule has 0 aliphatic rings. The Bertz CT molecular complexity index is 448. The number of aromatic nitrogens is 2. The van der Waals surface area contributed by atoms with E-state index in [1.165, 1.54) is 0 Å². The maximum atomic E-state index is 12.9. The van der Waals surface area contributed by atoms with Gasteiger partial charge in [0.05, 0.1) is 0 Å². The summed E-state index contributed by atoms with van der Waals surface area (Å²) >= 11 is 0. The lowest BCUT2D eigenvalue weighted by molar-refractivity contribution is -0.144. The fourth-order valence-corrected chi connectivity index (χ4v) is 1.56. The lowest BCUT2D eigenvalue weighted by atomic mass is 10.4. The molecule has 0 fully saturated rings. The Hall–Kier alpha value is -1.57. The molecule has 0 atom stereocenters. The third-order valence-electron chi connectivity index (χ3n) is 2.80. The molecular weight excluding hydrogens is 283 g/mol. The summed E-state index contributed by atoms with van der Waals surface area (Å²) in [4.78, 5) is 10.8. The van der Waals surface area contributed by atoms with Crippen molar-refractivity contribution in [2.24, 2.45) is 0 Å². The third kappa shape index (κ3) is 5.74. The van der Waals surface area contributed by atoms with Gasteiger partial charge in [-0.1, -0.05) is 6.92 Å². The van der Waals surface area contributed by atoms with Crippen molar-refractivity contribution in [1.82, 2.24) is 14.9 Å². The predicted octanol–water partition coefficient (Wildman–Crippen LogP) is 2.32. The molecule has 0 spiro atoms. The van der Waals surface area contributed by atoms with Gasteiger partial charge in [-0.25, -0.2) is 9.97 Å². The molecule has 1 aromatic heterocycles. The van der Waals surface area contributed by atoms with Crippen molar-refractivity contribution in [3.63, 3.8) is 0 Å². The van der Waals surface area contributed by atoms with Gasteiger partial charge in [0.25, 0.3) is 0 Å². The first kappa shape index (κ1) is 17.5. The lowest BCUT2D eigenvalue weighted by Crippen LogP contribution is -2.29. The summed E-state index contributed by atoms with van der Waals surface area (Å²) in [5.74, 6) is -0.654. The van der Waals surface area contributed by atoms with Crippen LogP contribution in [0.4, 0.5) is 24.8 Å². The van der Waals surface area contributed by atoms with Crippen LogP contribution >= 0.6 is 0 Å². The number of likely N-dealkylation sites (N-methyl/N-ethyl adjacent to an activating group) is 2. The number of nitrogens with one attached hydrogen (secondary N) is 1. The van der Waals surface area contributed by atoms with Crippen molar-refractivity contribution in [3.05, 3.63) is 11.9 Å². The van der Waals surface area contributed by atoms with Crippen LogP contribution in [0.25, 0.3) is 0 Å². The van der Waals surface area contributed by atoms with Crippen molar-refractivity contribution in [2.45, 2.75) is 19.5 Å². The molecule has 5 nitrogen and oxygen atoms in total. The van der Waals surface area contributed by atoms with Crippen LogP contribution < -0.4 is 10.2 Å². The molecule has 1 heterocycles. The zero-order valence-electron chi connectivity index (χ0n) is 12.8. The van der Waals surface area contributed by atoms with Crippen LogP contribution in [0.3, 0.4) is 0 Å². The number of hydrogen-bond donors (Lipinski definition) is 1. The molecule has 21 heavy (non-hydrogen) atoms. The molecule has 0 saturated carbocycles. The van der Waals surface area contributed by atoms with Crippen molar-refractivity contribution >= 4 is 11.6 Å². The summed E-state index contributed by atoms with van der Waals surface area (Å²) in [5, 5.41) is 2.88. The number of anilines is 2. The van der Waals surface area contributed by atoms with Gasteiger partial charge in [0, 0.05) is 32.7 Å². The van der Waals surface area contributed by atoms with Crippen LogP contribution in [0.1, 0.15) is 19.2 Å².